The highest BCUT2D eigenvalue weighted by molar-refractivity contribution is 9.10. The van der Waals surface area contributed by atoms with Crippen molar-refractivity contribution in [2.45, 2.75) is 4.90 Å². The Labute approximate surface area is 132 Å². The number of hydrogen-bond donors (Lipinski definition) is 2. The number of carbonyl (C=O) groups is 1. The second kappa shape index (κ2) is 6.99. The molecule has 0 heterocycles. The fourth-order valence-corrected chi connectivity index (χ4v) is 3.51. The molecule has 0 radical (unpaired) electrons. The summed E-state index contributed by atoms with van der Waals surface area (Å²) in [7, 11) is -5.08. The molecule has 0 spiro atoms. The third kappa shape index (κ3) is 4.81. The average Bonchev–Trinajstić information content (AvgIpc) is 2.29. The van der Waals surface area contributed by atoms with Gasteiger partial charge in [0.05, 0.1) is 10.6 Å². The van der Waals surface area contributed by atoms with Gasteiger partial charge in [0.15, 0.2) is 0 Å². The Morgan fingerprint density at radius 3 is 2.60 bits per heavy atom. The summed E-state index contributed by atoms with van der Waals surface area (Å²) in [6.07, 6.45) is 1.51. The topological polar surface area (TPSA) is 106 Å². The Hall–Kier alpha value is -0.480. The van der Waals surface area contributed by atoms with Gasteiger partial charge in [0, 0.05) is 33.8 Å². The van der Waals surface area contributed by atoms with Gasteiger partial charge in [-0.2, -0.15) is 0 Å². The summed E-state index contributed by atoms with van der Waals surface area (Å²) in [5.74, 6) is -0.272. The summed E-state index contributed by atoms with van der Waals surface area (Å²) in [5.41, 5.74) is -0.0213. The van der Waals surface area contributed by atoms with Crippen molar-refractivity contribution in [3.63, 3.8) is 0 Å². The predicted octanol–water partition coefficient (Wildman–Crippen LogP) is 0.858. The molecule has 1 aromatic rings. The molecule has 0 aliphatic rings. The maximum Gasteiger partial charge on any atom is 0.252 e. The predicted molar refractivity (Wildman–Crippen MR) is 81.8 cm³/mol. The highest BCUT2D eigenvalue weighted by Gasteiger charge is 2.20. The van der Waals surface area contributed by atoms with E-state index >= 15 is 0 Å². The molecule has 0 aliphatic heterocycles. The van der Waals surface area contributed by atoms with E-state index in [0.29, 0.717) is 10.2 Å². The lowest BCUT2D eigenvalue weighted by molar-refractivity contribution is 0.0956. The molecule has 0 aromatic heterocycles. The highest BCUT2D eigenvalue weighted by atomic mass is 79.9. The first-order chi connectivity index (χ1) is 9.12. The average molecular weight is 404 g/mol. The van der Waals surface area contributed by atoms with Crippen LogP contribution >= 0.6 is 27.5 Å². The first kappa shape index (κ1) is 17.6. The van der Waals surface area contributed by atoms with Gasteiger partial charge in [-0.25, -0.2) is 13.6 Å². The van der Waals surface area contributed by atoms with E-state index in [2.05, 4.69) is 21.2 Å². The number of nitrogens with two attached hydrogens (primary N) is 1. The van der Waals surface area contributed by atoms with Gasteiger partial charge in [-0.3, -0.25) is 9.00 Å². The van der Waals surface area contributed by atoms with Crippen molar-refractivity contribution >= 4 is 54.3 Å². The maximum atomic E-state index is 11.9. The number of nitrogens with one attached hydrogen (secondary N) is 1. The van der Waals surface area contributed by atoms with Gasteiger partial charge in [-0.1, -0.05) is 27.5 Å². The zero-order valence-corrected chi connectivity index (χ0v) is 14.3. The Morgan fingerprint density at radius 1 is 1.50 bits per heavy atom. The second-order valence-electron chi connectivity index (χ2n) is 3.84. The van der Waals surface area contributed by atoms with E-state index in [1.807, 2.05) is 0 Å². The maximum absolute atomic E-state index is 11.9. The molecule has 20 heavy (non-hydrogen) atoms. The molecule has 0 bridgehead atoms. The van der Waals surface area contributed by atoms with Crippen LogP contribution in [-0.4, -0.2) is 37.1 Å². The molecule has 0 saturated carbocycles. The number of primary sulfonamides is 1. The monoisotopic (exact) mass is 402 g/mol. The van der Waals surface area contributed by atoms with Crippen molar-refractivity contribution < 1.29 is 17.4 Å². The first-order valence-electron chi connectivity index (χ1n) is 5.23. The van der Waals surface area contributed by atoms with Crippen LogP contribution < -0.4 is 10.5 Å². The van der Waals surface area contributed by atoms with Crippen LogP contribution in [0.25, 0.3) is 0 Å². The number of sulfonamides is 1. The summed E-state index contributed by atoms with van der Waals surface area (Å²) >= 11 is 8.99. The highest BCUT2D eigenvalue weighted by Crippen LogP contribution is 2.28. The molecular weight excluding hydrogens is 392 g/mol. The fourth-order valence-electron chi connectivity index (χ4n) is 1.34. The Balaban J connectivity index is 3.10. The molecule has 0 aliphatic carbocycles. The van der Waals surface area contributed by atoms with Crippen molar-refractivity contribution in [3.8, 4) is 0 Å². The van der Waals surface area contributed by atoms with Crippen molar-refractivity contribution in [1.82, 2.24) is 5.32 Å². The Morgan fingerprint density at radius 2 is 2.10 bits per heavy atom. The molecule has 1 atom stereocenters. The van der Waals surface area contributed by atoms with E-state index in [1.165, 1.54) is 18.4 Å². The van der Waals surface area contributed by atoms with Crippen LogP contribution in [0.4, 0.5) is 0 Å². The van der Waals surface area contributed by atoms with E-state index in [9.17, 15) is 17.4 Å². The minimum absolute atomic E-state index is 0.0213. The van der Waals surface area contributed by atoms with Crippen LogP contribution in [0.15, 0.2) is 21.5 Å². The number of amides is 1. The summed E-state index contributed by atoms with van der Waals surface area (Å²) < 4.78 is 34.0. The number of halogens is 2. The van der Waals surface area contributed by atoms with Crippen LogP contribution in [0.1, 0.15) is 10.4 Å². The van der Waals surface area contributed by atoms with Gasteiger partial charge < -0.3 is 5.32 Å². The lowest BCUT2D eigenvalue weighted by atomic mass is 10.2. The molecule has 3 N–H and O–H groups in total. The van der Waals surface area contributed by atoms with Gasteiger partial charge in [0.1, 0.15) is 4.90 Å². The molecular formula is C10H12BrClN2O4S2. The van der Waals surface area contributed by atoms with E-state index in [0.717, 1.165) is 0 Å². The third-order valence-corrected chi connectivity index (χ3v) is 4.92. The van der Waals surface area contributed by atoms with Gasteiger partial charge in [-0.05, 0) is 12.1 Å². The second-order valence-corrected chi connectivity index (χ2v) is 8.22. The van der Waals surface area contributed by atoms with Crippen molar-refractivity contribution in [2.75, 3.05) is 18.6 Å². The Bertz CT molecular complexity index is 663. The number of carbonyl (C=O) groups excluding carboxylic acids is 1. The van der Waals surface area contributed by atoms with E-state index in [1.54, 1.807) is 0 Å². The van der Waals surface area contributed by atoms with Crippen LogP contribution in [0, 0.1) is 0 Å². The molecule has 0 saturated heterocycles. The SMILES string of the molecule is CS(=O)CCNC(=O)c1cc(Br)cc(S(N)(=O)=O)c1Cl. The van der Waals surface area contributed by atoms with Crippen molar-refractivity contribution in [3.05, 3.63) is 27.2 Å². The quantitative estimate of drug-likeness (QED) is 0.760. The summed E-state index contributed by atoms with van der Waals surface area (Å²) in [6, 6.07) is 2.60. The van der Waals surface area contributed by atoms with E-state index < -0.39 is 26.7 Å². The van der Waals surface area contributed by atoms with E-state index in [4.69, 9.17) is 16.7 Å². The van der Waals surface area contributed by atoms with Crippen LogP contribution in [-0.2, 0) is 20.8 Å². The molecule has 0 fully saturated rings. The first-order valence-corrected chi connectivity index (χ1v) is 9.67. The lowest BCUT2D eigenvalue weighted by Gasteiger charge is -2.10. The summed E-state index contributed by atoms with van der Waals surface area (Å²) in [5, 5.41) is 7.29. The largest absolute Gasteiger partial charge is 0.351 e. The molecule has 1 unspecified atom stereocenters. The van der Waals surface area contributed by atoms with Gasteiger partial charge in [0.2, 0.25) is 10.0 Å². The van der Waals surface area contributed by atoms with Crippen LogP contribution in [0.2, 0.25) is 5.02 Å². The standard InChI is InChI=1S/C10H12BrClN2O4S2/c1-19(16)3-2-14-10(15)7-4-6(11)5-8(9(7)12)20(13,17)18/h4-5H,2-3H2,1H3,(H,14,15)(H2,13,17,18). The fraction of sp³-hybridized carbons (Fsp3) is 0.300. The zero-order chi connectivity index (χ0) is 15.5. The lowest BCUT2D eigenvalue weighted by Crippen LogP contribution is -2.28. The van der Waals surface area contributed by atoms with Crippen molar-refractivity contribution in [1.29, 1.82) is 0 Å². The summed E-state index contributed by atoms with van der Waals surface area (Å²) in [6.45, 7) is 0.190. The van der Waals surface area contributed by atoms with Crippen LogP contribution in [0.3, 0.4) is 0 Å². The number of rotatable bonds is 5. The minimum Gasteiger partial charge on any atom is -0.351 e. The zero-order valence-electron chi connectivity index (χ0n) is 10.4. The molecule has 1 aromatic carbocycles. The van der Waals surface area contributed by atoms with E-state index in [-0.39, 0.29) is 22.0 Å². The molecule has 1 rings (SSSR count). The molecule has 112 valence electrons. The Kier molecular flexibility index (Phi) is 6.14. The van der Waals surface area contributed by atoms with Crippen molar-refractivity contribution in [2.24, 2.45) is 5.14 Å². The van der Waals surface area contributed by atoms with Gasteiger partial charge in [0.25, 0.3) is 5.91 Å². The van der Waals surface area contributed by atoms with Gasteiger partial charge in [-0.15, -0.1) is 0 Å². The number of benzene rings is 1. The molecule has 10 heteroatoms. The minimum atomic E-state index is -4.04. The van der Waals surface area contributed by atoms with Crippen LogP contribution in [0.5, 0.6) is 0 Å². The number of hydrogen-bond acceptors (Lipinski definition) is 4. The molecule has 1 amide bonds. The van der Waals surface area contributed by atoms with Gasteiger partial charge >= 0.3 is 0 Å². The molecule has 6 nitrogen and oxygen atoms in total. The normalized spacial score (nSPS) is 13.0. The smallest absolute Gasteiger partial charge is 0.252 e. The summed E-state index contributed by atoms with van der Waals surface area (Å²) in [4.78, 5) is 11.6. The third-order valence-electron chi connectivity index (χ3n) is 2.23.